The van der Waals surface area contributed by atoms with E-state index < -0.39 is 17.7 Å². The van der Waals surface area contributed by atoms with Gasteiger partial charge in [-0.15, -0.1) is 0 Å². The Bertz CT molecular complexity index is 924. The molecule has 0 aromatic heterocycles. The van der Waals surface area contributed by atoms with Crippen LogP contribution in [0.2, 0.25) is 10.0 Å². The molecule has 5 nitrogen and oxygen atoms in total. The number of carbonyl (C=O) groups is 2. The van der Waals surface area contributed by atoms with E-state index >= 15 is 0 Å². The Kier molecular flexibility index (Phi) is 6.39. The minimum atomic E-state index is -0.730. The first-order valence-corrected chi connectivity index (χ1v) is 9.48. The molecule has 1 amide bonds. The molecule has 2 aromatic rings. The Balaban J connectivity index is 2.12. The molecule has 1 atom stereocenters. The summed E-state index contributed by atoms with van der Waals surface area (Å²) < 4.78 is 5.06. The number of Topliss-reactive ketones (excluding diaryl/α,β-unsaturated/α-hetero) is 1. The molecule has 0 saturated carbocycles. The predicted octanol–water partition coefficient (Wildman–Crippen LogP) is 4.45. The molecule has 1 saturated heterocycles. The van der Waals surface area contributed by atoms with Crippen LogP contribution in [0, 0.1) is 0 Å². The number of halogens is 2. The minimum absolute atomic E-state index is 0.0343. The monoisotopic (exact) mass is 419 g/mol. The van der Waals surface area contributed by atoms with Gasteiger partial charge in [0.25, 0.3) is 11.7 Å². The van der Waals surface area contributed by atoms with E-state index in [0.717, 1.165) is 0 Å². The number of amides is 1. The lowest BCUT2D eigenvalue weighted by Gasteiger charge is -2.25. The highest BCUT2D eigenvalue weighted by molar-refractivity contribution is 6.46. The number of aliphatic hydroxyl groups is 1. The van der Waals surface area contributed by atoms with Crippen LogP contribution < -0.4 is 0 Å². The van der Waals surface area contributed by atoms with Gasteiger partial charge in [-0.1, -0.05) is 35.3 Å². The minimum Gasteiger partial charge on any atom is -0.507 e. The van der Waals surface area contributed by atoms with Crippen LogP contribution in [0.25, 0.3) is 5.76 Å². The number of rotatable bonds is 6. The molecule has 1 heterocycles. The molecular formula is C21H19Cl2NO4. The quantitative estimate of drug-likeness (QED) is 0.325. The molecule has 28 heavy (non-hydrogen) atoms. The molecular weight excluding hydrogens is 401 g/mol. The number of carbonyl (C=O) groups excluding carboxylic acids is 2. The zero-order valence-corrected chi connectivity index (χ0v) is 16.7. The molecule has 0 radical (unpaired) electrons. The Labute approximate surface area is 173 Å². The molecule has 1 N–H and O–H groups in total. The largest absolute Gasteiger partial charge is 0.507 e. The number of ether oxygens (including phenoxy) is 1. The zero-order valence-electron chi connectivity index (χ0n) is 15.2. The van der Waals surface area contributed by atoms with Gasteiger partial charge in [-0.05, 0) is 48.4 Å². The van der Waals surface area contributed by atoms with Gasteiger partial charge in [0.05, 0.1) is 11.6 Å². The zero-order chi connectivity index (χ0) is 20.3. The number of hydrogen-bond acceptors (Lipinski definition) is 4. The third-order valence-corrected chi connectivity index (χ3v) is 5.06. The summed E-state index contributed by atoms with van der Waals surface area (Å²) in [6.45, 7) is 0.759. The highest BCUT2D eigenvalue weighted by Gasteiger charge is 2.45. The molecule has 3 rings (SSSR count). The van der Waals surface area contributed by atoms with Crippen LogP contribution in [0.4, 0.5) is 0 Å². The van der Waals surface area contributed by atoms with Crippen LogP contribution in [0.1, 0.15) is 23.6 Å². The summed E-state index contributed by atoms with van der Waals surface area (Å²) in [4.78, 5) is 27.0. The van der Waals surface area contributed by atoms with Crippen molar-refractivity contribution in [3.63, 3.8) is 0 Å². The topological polar surface area (TPSA) is 66.8 Å². The van der Waals surface area contributed by atoms with Crippen LogP contribution in [-0.4, -0.2) is 42.0 Å². The number of ketones is 1. The smallest absolute Gasteiger partial charge is 0.295 e. The van der Waals surface area contributed by atoms with Gasteiger partial charge in [-0.25, -0.2) is 0 Å². The third kappa shape index (κ3) is 4.07. The molecule has 0 spiro atoms. The maximum Gasteiger partial charge on any atom is 0.295 e. The maximum absolute atomic E-state index is 12.8. The van der Waals surface area contributed by atoms with Crippen molar-refractivity contribution < 1.29 is 19.4 Å². The maximum atomic E-state index is 12.8. The first kappa shape index (κ1) is 20.4. The molecule has 2 aromatic carbocycles. The van der Waals surface area contributed by atoms with Gasteiger partial charge in [0.2, 0.25) is 0 Å². The van der Waals surface area contributed by atoms with Crippen LogP contribution in [0.3, 0.4) is 0 Å². The average molecular weight is 420 g/mol. The highest BCUT2D eigenvalue weighted by atomic mass is 35.5. The van der Waals surface area contributed by atoms with Gasteiger partial charge in [0, 0.05) is 35.9 Å². The van der Waals surface area contributed by atoms with E-state index in [1.807, 2.05) is 0 Å². The summed E-state index contributed by atoms with van der Waals surface area (Å²) in [5.41, 5.74) is 1.10. The predicted molar refractivity (Wildman–Crippen MR) is 108 cm³/mol. The second-order valence-electron chi connectivity index (χ2n) is 6.40. The number of aliphatic hydroxyl groups excluding tert-OH is 1. The lowest BCUT2D eigenvalue weighted by molar-refractivity contribution is -0.140. The van der Waals surface area contributed by atoms with Gasteiger partial charge in [-0.3, -0.25) is 9.59 Å². The van der Waals surface area contributed by atoms with E-state index in [0.29, 0.717) is 40.7 Å². The number of benzene rings is 2. The van der Waals surface area contributed by atoms with Crippen molar-refractivity contribution in [3.8, 4) is 0 Å². The summed E-state index contributed by atoms with van der Waals surface area (Å²) in [5, 5.41) is 11.8. The van der Waals surface area contributed by atoms with Gasteiger partial charge in [0.15, 0.2) is 0 Å². The fraction of sp³-hybridized carbons (Fsp3) is 0.238. The summed E-state index contributed by atoms with van der Waals surface area (Å²) in [6, 6.07) is 12.6. The Morgan fingerprint density at radius 1 is 1.11 bits per heavy atom. The van der Waals surface area contributed by atoms with Crippen LogP contribution in [0.5, 0.6) is 0 Å². The standard InChI is InChI=1S/C21H19Cl2NO4/c1-28-11-3-10-24-18(14-4-2-5-16(23)12-14)17(20(26)21(24)27)19(25)13-6-8-15(22)9-7-13/h2,4-9,12,18,25H,3,10-11H2,1H3/b19-17+/t18-/m0/s1. The van der Waals surface area contributed by atoms with Crippen LogP contribution in [0.15, 0.2) is 54.1 Å². The summed E-state index contributed by atoms with van der Waals surface area (Å²) >= 11 is 12.0. The Hall–Kier alpha value is -2.34. The van der Waals surface area contributed by atoms with E-state index in [-0.39, 0.29) is 11.3 Å². The van der Waals surface area contributed by atoms with Crippen molar-refractivity contribution >= 4 is 40.7 Å². The third-order valence-electron chi connectivity index (χ3n) is 4.57. The highest BCUT2D eigenvalue weighted by Crippen LogP contribution is 2.40. The second kappa shape index (κ2) is 8.78. The van der Waals surface area contributed by atoms with Crippen molar-refractivity contribution in [3.05, 3.63) is 75.3 Å². The molecule has 1 aliphatic rings. The summed E-state index contributed by atoms with van der Waals surface area (Å²) in [6.07, 6.45) is 0.557. The molecule has 7 heteroatoms. The summed E-state index contributed by atoms with van der Waals surface area (Å²) in [7, 11) is 1.57. The van der Waals surface area contributed by atoms with E-state index in [2.05, 4.69) is 0 Å². The van der Waals surface area contributed by atoms with Crippen molar-refractivity contribution in [2.75, 3.05) is 20.3 Å². The first-order chi connectivity index (χ1) is 13.4. The van der Waals surface area contributed by atoms with Gasteiger partial charge in [-0.2, -0.15) is 0 Å². The van der Waals surface area contributed by atoms with Crippen molar-refractivity contribution in [1.82, 2.24) is 4.90 Å². The molecule has 1 fully saturated rings. The Morgan fingerprint density at radius 3 is 2.46 bits per heavy atom. The van der Waals surface area contributed by atoms with Crippen LogP contribution >= 0.6 is 23.2 Å². The van der Waals surface area contributed by atoms with Crippen molar-refractivity contribution in [2.24, 2.45) is 0 Å². The van der Waals surface area contributed by atoms with Gasteiger partial charge in [0.1, 0.15) is 5.76 Å². The normalized spacial score (nSPS) is 18.7. The Morgan fingerprint density at radius 2 is 1.82 bits per heavy atom. The molecule has 146 valence electrons. The van der Waals surface area contributed by atoms with E-state index in [1.165, 1.54) is 4.90 Å². The molecule has 0 unspecified atom stereocenters. The second-order valence-corrected chi connectivity index (χ2v) is 7.27. The fourth-order valence-electron chi connectivity index (χ4n) is 3.28. The van der Waals surface area contributed by atoms with Crippen molar-refractivity contribution in [2.45, 2.75) is 12.5 Å². The van der Waals surface area contributed by atoms with E-state index in [1.54, 1.807) is 55.6 Å². The molecule has 0 bridgehead atoms. The molecule has 1 aliphatic heterocycles. The number of nitrogens with zero attached hydrogens (tertiary/aromatic N) is 1. The molecule has 0 aliphatic carbocycles. The lowest BCUT2D eigenvalue weighted by atomic mass is 9.95. The first-order valence-electron chi connectivity index (χ1n) is 8.72. The number of methoxy groups -OCH3 is 1. The SMILES string of the molecule is COCCCN1C(=O)C(=O)/C(=C(/O)c2ccc(Cl)cc2)[C@@H]1c1cccc(Cl)c1. The fourth-order valence-corrected chi connectivity index (χ4v) is 3.60. The van der Waals surface area contributed by atoms with Gasteiger partial charge < -0.3 is 14.7 Å². The average Bonchev–Trinajstić information content (AvgIpc) is 2.93. The van der Waals surface area contributed by atoms with Crippen molar-refractivity contribution in [1.29, 1.82) is 0 Å². The lowest BCUT2D eigenvalue weighted by Crippen LogP contribution is -2.31. The van der Waals surface area contributed by atoms with Crippen LogP contribution in [-0.2, 0) is 14.3 Å². The number of likely N-dealkylation sites (tertiary alicyclic amines) is 1. The summed E-state index contributed by atoms with van der Waals surface area (Å²) in [5.74, 6) is -1.62. The van der Waals surface area contributed by atoms with Gasteiger partial charge >= 0.3 is 0 Å². The van der Waals surface area contributed by atoms with E-state index in [4.69, 9.17) is 27.9 Å². The number of hydrogen-bond donors (Lipinski definition) is 1. The van der Waals surface area contributed by atoms with E-state index in [9.17, 15) is 14.7 Å².